The van der Waals surface area contributed by atoms with Crippen molar-refractivity contribution >= 4 is 11.9 Å². The zero-order valence-electron chi connectivity index (χ0n) is 10.8. The van der Waals surface area contributed by atoms with Gasteiger partial charge in [0.25, 0.3) is 5.91 Å². The number of hydrogen-bond donors (Lipinski definition) is 1. The van der Waals surface area contributed by atoms with Gasteiger partial charge in [0.15, 0.2) is 0 Å². The number of ether oxygens (including phenoxy) is 1. The Morgan fingerprint density at radius 2 is 2.26 bits per heavy atom. The van der Waals surface area contributed by atoms with E-state index in [4.69, 9.17) is 5.26 Å². The summed E-state index contributed by atoms with van der Waals surface area (Å²) in [5.74, 6) is -1.39. The molecule has 0 radical (unpaired) electrons. The van der Waals surface area contributed by atoms with Crippen LogP contribution in [0.1, 0.15) is 23.8 Å². The summed E-state index contributed by atoms with van der Waals surface area (Å²) in [5.41, 5.74) is 0.209. The minimum absolute atomic E-state index is 0.141. The summed E-state index contributed by atoms with van der Waals surface area (Å²) in [6, 6.07) is 6.01. The fourth-order valence-electron chi connectivity index (χ4n) is 1.53. The van der Waals surface area contributed by atoms with Crippen LogP contribution in [0.4, 0.5) is 0 Å². The molecule has 0 aromatic carbocycles. The second-order valence-corrected chi connectivity index (χ2v) is 4.03. The summed E-state index contributed by atoms with van der Waals surface area (Å²) in [5, 5.41) is 11.2. The number of nitrogens with one attached hydrogen (secondary N) is 1. The largest absolute Gasteiger partial charge is 0.467 e. The van der Waals surface area contributed by atoms with E-state index in [1.54, 1.807) is 25.1 Å². The fourth-order valence-corrected chi connectivity index (χ4v) is 1.53. The summed E-state index contributed by atoms with van der Waals surface area (Å²) in [4.78, 5) is 27.4. The zero-order chi connectivity index (χ0) is 14.3. The molecule has 1 amide bonds. The van der Waals surface area contributed by atoms with Crippen molar-refractivity contribution in [3.05, 3.63) is 30.1 Å². The van der Waals surface area contributed by atoms with Crippen LogP contribution in [0.25, 0.3) is 0 Å². The number of carbonyl (C=O) groups excluding carboxylic acids is 2. The van der Waals surface area contributed by atoms with Crippen molar-refractivity contribution in [3.63, 3.8) is 0 Å². The molecule has 1 rings (SSSR count). The maximum absolute atomic E-state index is 11.9. The Morgan fingerprint density at radius 3 is 2.79 bits per heavy atom. The van der Waals surface area contributed by atoms with E-state index in [0.717, 1.165) is 0 Å². The van der Waals surface area contributed by atoms with Gasteiger partial charge in [0.1, 0.15) is 11.7 Å². The number of esters is 1. The van der Waals surface area contributed by atoms with Gasteiger partial charge in [0.2, 0.25) is 0 Å². The van der Waals surface area contributed by atoms with E-state index < -0.39 is 17.9 Å². The topological polar surface area (TPSA) is 92.1 Å². The Morgan fingerprint density at radius 1 is 1.53 bits per heavy atom. The molecule has 19 heavy (non-hydrogen) atoms. The first-order valence-corrected chi connectivity index (χ1v) is 5.76. The van der Waals surface area contributed by atoms with Crippen molar-refractivity contribution in [2.45, 2.75) is 19.4 Å². The number of pyridine rings is 1. The van der Waals surface area contributed by atoms with Gasteiger partial charge in [-0.15, -0.1) is 0 Å². The van der Waals surface area contributed by atoms with Gasteiger partial charge in [0, 0.05) is 18.5 Å². The first-order chi connectivity index (χ1) is 9.10. The highest BCUT2D eigenvalue weighted by atomic mass is 16.5. The van der Waals surface area contributed by atoms with Crippen molar-refractivity contribution in [2.24, 2.45) is 5.92 Å². The van der Waals surface area contributed by atoms with E-state index in [0.29, 0.717) is 0 Å². The van der Waals surface area contributed by atoms with Crippen LogP contribution in [0.15, 0.2) is 24.4 Å². The van der Waals surface area contributed by atoms with Crippen LogP contribution in [0.2, 0.25) is 0 Å². The van der Waals surface area contributed by atoms with Gasteiger partial charge >= 0.3 is 5.97 Å². The van der Waals surface area contributed by atoms with Crippen molar-refractivity contribution in [1.29, 1.82) is 5.26 Å². The highest BCUT2D eigenvalue weighted by molar-refractivity contribution is 5.95. The Kier molecular flexibility index (Phi) is 5.48. The Bertz CT molecular complexity index is 482. The van der Waals surface area contributed by atoms with E-state index in [1.165, 1.54) is 13.3 Å². The molecule has 0 aliphatic carbocycles. The van der Waals surface area contributed by atoms with Crippen LogP contribution >= 0.6 is 0 Å². The second-order valence-electron chi connectivity index (χ2n) is 4.03. The molecule has 6 nitrogen and oxygen atoms in total. The molecule has 0 aliphatic heterocycles. The number of methoxy groups -OCH3 is 1. The van der Waals surface area contributed by atoms with Crippen LogP contribution in [0.5, 0.6) is 0 Å². The molecule has 0 saturated carbocycles. The molecule has 2 atom stereocenters. The SMILES string of the molecule is COC(=O)[C@@H](NC(=O)c1ccccn1)[C@@H](C)CC#N. The molecule has 0 fully saturated rings. The summed E-state index contributed by atoms with van der Waals surface area (Å²) in [7, 11) is 1.24. The predicted octanol–water partition coefficient (Wildman–Crippen LogP) is 0.903. The number of amides is 1. The van der Waals surface area contributed by atoms with Gasteiger partial charge in [-0.25, -0.2) is 4.79 Å². The van der Waals surface area contributed by atoms with Crippen molar-refractivity contribution < 1.29 is 14.3 Å². The van der Waals surface area contributed by atoms with Crippen LogP contribution < -0.4 is 5.32 Å². The molecule has 0 unspecified atom stereocenters. The maximum Gasteiger partial charge on any atom is 0.328 e. The first kappa shape index (κ1) is 14.6. The number of nitrogens with zero attached hydrogens (tertiary/aromatic N) is 2. The lowest BCUT2D eigenvalue weighted by Crippen LogP contribution is -2.46. The zero-order valence-corrected chi connectivity index (χ0v) is 10.8. The standard InChI is InChI=1S/C13H15N3O3/c1-9(6-7-14)11(13(18)19-2)16-12(17)10-5-3-4-8-15-10/h3-5,8-9,11H,6H2,1-2H3,(H,16,17)/t9-,11-/m0/s1. The fraction of sp³-hybridized carbons (Fsp3) is 0.385. The predicted molar refractivity (Wildman–Crippen MR) is 66.9 cm³/mol. The molecule has 1 N–H and O–H groups in total. The smallest absolute Gasteiger partial charge is 0.328 e. The third kappa shape index (κ3) is 4.07. The molecule has 0 bridgehead atoms. The lowest BCUT2D eigenvalue weighted by Gasteiger charge is -2.20. The van der Waals surface area contributed by atoms with Gasteiger partial charge in [-0.2, -0.15) is 5.26 Å². The average Bonchev–Trinajstić information content (AvgIpc) is 2.44. The molecule has 0 aliphatic rings. The molecule has 6 heteroatoms. The average molecular weight is 261 g/mol. The summed E-state index contributed by atoms with van der Waals surface area (Å²) in [6.07, 6.45) is 1.63. The Labute approximate surface area is 111 Å². The second kappa shape index (κ2) is 7.11. The van der Waals surface area contributed by atoms with Gasteiger partial charge in [-0.3, -0.25) is 9.78 Å². The van der Waals surface area contributed by atoms with Gasteiger partial charge in [0.05, 0.1) is 13.2 Å². The van der Waals surface area contributed by atoms with E-state index >= 15 is 0 Å². The van der Waals surface area contributed by atoms with Gasteiger partial charge < -0.3 is 10.1 Å². The van der Waals surface area contributed by atoms with E-state index in [9.17, 15) is 9.59 Å². The highest BCUT2D eigenvalue weighted by Crippen LogP contribution is 2.10. The third-order valence-corrected chi connectivity index (χ3v) is 2.62. The molecule has 0 spiro atoms. The van der Waals surface area contributed by atoms with Crippen molar-refractivity contribution in [3.8, 4) is 6.07 Å². The third-order valence-electron chi connectivity index (χ3n) is 2.62. The molecule has 100 valence electrons. The maximum atomic E-state index is 11.9. The number of aromatic nitrogens is 1. The lowest BCUT2D eigenvalue weighted by atomic mass is 9.99. The normalized spacial score (nSPS) is 12.9. The number of hydrogen-bond acceptors (Lipinski definition) is 5. The monoisotopic (exact) mass is 261 g/mol. The summed E-state index contributed by atoms with van der Waals surface area (Å²) in [6.45, 7) is 1.70. The molecule has 0 saturated heterocycles. The summed E-state index contributed by atoms with van der Waals surface area (Å²) < 4.78 is 4.63. The van der Waals surface area contributed by atoms with Crippen molar-refractivity contribution in [2.75, 3.05) is 7.11 Å². The first-order valence-electron chi connectivity index (χ1n) is 5.76. The molecular weight excluding hydrogens is 246 g/mol. The van der Waals surface area contributed by atoms with Crippen LogP contribution in [0.3, 0.4) is 0 Å². The van der Waals surface area contributed by atoms with Gasteiger partial charge in [-0.05, 0) is 12.1 Å². The quantitative estimate of drug-likeness (QED) is 0.795. The minimum Gasteiger partial charge on any atom is -0.467 e. The number of rotatable bonds is 5. The van der Waals surface area contributed by atoms with Crippen LogP contribution in [-0.2, 0) is 9.53 Å². The molecule has 1 aromatic heterocycles. The van der Waals surface area contributed by atoms with E-state index in [2.05, 4.69) is 15.0 Å². The van der Waals surface area contributed by atoms with Gasteiger partial charge in [-0.1, -0.05) is 13.0 Å². The van der Waals surface area contributed by atoms with E-state index in [1.807, 2.05) is 6.07 Å². The van der Waals surface area contributed by atoms with E-state index in [-0.39, 0.29) is 18.0 Å². The lowest BCUT2D eigenvalue weighted by molar-refractivity contribution is -0.144. The molecule has 1 aromatic rings. The van der Waals surface area contributed by atoms with Crippen LogP contribution in [-0.4, -0.2) is 30.0 Å². The highest BCUT2D eigenvalue weighted by Gasteiger charge is 2.28. The molecule has 1 heterocycles. The summed E-state index contributed by atoms with van der Waals surface area (Å²) >= 11 is 0. The van der Waals surface area contributed by atoms with Crippen molar-refractivity contribution in [1.82, 2.24) is 10.3 Å². The van der Waals surface area contributed by atoms with Crippen LogP contribution in [0, 0.1) is 17.2 Å². The minimum atomic E-state index is -0.862. The Balaban J connectivity index is 2.81. The Hall–Kier alpha value is -2.42. The number of nitriles is 1. The number of carbonyl (C=O) groups is 2. The molecular formula is C13H15N3O3.